The molecule has 2 aromatic rings. The lowest BCUT2D eigenvalue weighted by Gasteiger charge is -2.29. The number of carboxylic acid groups (broad SMARTS) is 1. The number of aromatic amines is 1. The first-order valence-electron chi connectivity index (χ1n) is 7.59. The van der Waals surface area contributed by atoms with Gasteiger partial charge in [0.25, 0.3) is 5.56 Å². The van der Waals surface area contributed by atoms with Crippen molar-refractivity contribution in [3.05, 3.63) is 39.1 Å². The number of nitrogens with zero attached hydrogens (tertiary/aromatic N) is 1. The Morgan fingerprint density at radius 2 is 2.04 bits per heavy atom. The Morgan fingerprint density at radius 1 is 1.35 bits per heavy atom. The summed E-state index contributed by atoms with van der Waals surface area (Å²) in [6.45, 7) is 0.417. The highest BCUT2D eigenvalue weighted by Gasteiger charge is 2.23. The zero-order valence-corrected chi connectivity index (χ0v) is 13.2. The predicted octanol–water partition coefficient (Wildman–Crippen LogP) is 1.75. The van der Waals surface area contributed by atoms with Crippen LogP contribution in [0.4, 0.5) is 4.39 Å². The van der Waals surface area contributed by atoms with Crippen LogP contribution in [0.3, 0.4) is 0 Å². The van der Waals surface area contributed by atoms with Crippen molar-refractivity contribution in [2.75, 3.05) is 0 Å². The summed E-state index contributed by atoms with van der Waals surface area (Å²) in [5.41, 5.74) is 0.198. The van der Waals surface area contributed by atoms with Gasteiger partial charge in [0, 0.05) is 12.5 Å². The van der Waals surface area contributed by atoms with Gasteiger partial charge in [-0.2, -0.15) is 0 Å². The molecule has 1 saturated carbocycles. The van der Waals surface area contributed by atoms with Gasteiger partial charge in [0.05, 0.1) is 10.9 Å². The molecule has 1 heterocycles. The smallest absolute Gasteiger partial charge is 0.262 e. The second-order valence-electron chi connectivity index (χ2n) is 6.07. The van der Waals surface area contributed by atoms with Crippen molar-refractivity contribution in [2.24, 2.45) is 11.8 Å². The summed E-state index contributed by atoms with van der Waals surface area (Å²) in [4.78, 5) is 26.4. The van der Waals surface area contributed by atoms with E-state index in [1.165, 1.54) is 22.8 Å². The molecule has 1 fully saturated rings. The molecular formula is C16H16FN2O3S-. The SMILES string of the molecule is O=C([O-])C1CCC(Cn2c(=S)[nH]c3ccc(F)cc3c2=O)CC1. The van der Waals surface area contributed by atoms with Gasteiger partial charge in [-0.1, -0.05) is 0 Å². The van der Waals surface area contributed by atoms with E-state index in [2.05, 4.69) is 4.98 Å². The average Bonchev–Trinajstić information content (AvgIpc) is 2.53. The number of benzene rings is 1. The Bertz CT molecular complexity index is 866. The molecule has 3 rings (SSSR count). The number of H-pyrrole nitrogens is 1. The van der Waals surface area contributed by atoms with E-state index in [4.69, 9.17) is 12.2 Å². The second kappa shape index (κ2) is 6.23. The molecule has 0 radical (unpaired) electrons. The fourth-order valence-corrected chi connectivity index (χ4v) is 3.49. The van der Waals surface area contributed by atoms with E-state index in [1.54, 1.807) is 0 Å². The van der Waals surface area contributed by atoms with Crippen LogP contribution in [0.2, 0.25) is 0 Å². The zero-order valence-electron chi connectivity index (χ0n) is 12.4. The van der Waals surface area contributed by atoms with Gasteiger partial charge in [-0.3, -0.25) is 9.36 Å². The molecule has 1 N–H and O–H groups in total. The molecule has 0 spiro atoms. The quantitative estimate of drug-likeness (QED) is 0.867. The third-order valence-electron chi connectivity index (χ3n) is 4.56. The minimum atomic E-state index is -1.00. The fourth-order valence-electron chi connectivity index (χ4n) is 3.23. The third kappa shape index (κ3) is 3.19. The van der Waals surface area contributed by atoms with Crippen LogP contribution in [0.1, 0.15) is 25.7 Å². The van der Waals surface area contributed by atoms with Crippen LogP contribution in [0.15, 0.2) is 23.0 Å². The minimum absolute atomic E-state index is 0.185. The maximum atomic E-state index is 13.4. The maximum absolute atomic E-state index is 13.4. The Kier molecular flexibility index (Phi) is 4.30. The van der Waals surface area contributed by atoms with Crippen LogP contribution in [0, 0.1) is 22.4 Å². The number of aromatic nitrogens is 2. The highest BCUT2D eigenvalue weighted by atomic mass is 32.1. The average molecular weight is 335 g/mol. The minimum Gasteiger partial charge on any atom is -0.550 e. The van der Waals surface area contributed by atoms with Gasteiger partial charge in [-0.05, 0) is 67.9 Å². The van der Waals surface area contributed by atoms with E-state index in [-0.39, 0.29) is 16.9 Å². The van der Waals surface area contributed by atoms with Crippen molar-refractivity contribution in [3.63, 3.8) is 0 Å². The molecule has 1 aliphatic rings. The van der Waals surface area contributed by atoms with Crippen molar-refractivity contribution < 1.29 is 14.3 Å². The summed E-state index contributed by atoms with van der Waals surface area (Å²) < 4.78 is 15.1. The number of aliphatic carboxylic acids is 1. The normalized spacial score (nSPS) is 21.4. The van der Waals surface area contributed by atoms with Gasteiger partial charge in [0.15, 0.2) is 4.77 Å². The van der Waals surface area contributed by atoms with E-state index in [0.29, 0.717) is 42.5 Å². The molecule has 0 bridgehead atoms. The van der Waals surface area contributed by atoms with Crippen LogP contribution in [-0.2, 0) is 11.3 Å². The number of fused-ring (bicyclic) bond motifs is 1. The molecule has 0 amide bonds. The van der Waals surface area contributed by atoms with Gasteiger partial charge >= 0.3 is 0 Å². The van der Waals surface area contributed by atoms with Gasteiger partial charge in [-0.15, -0.1) is 0 Å². The predicted molar refractivity (Wildman–Crippen MR) is 83.8 cm³/mol. The van der Waals surface area contributed by atoms with Crippen molar-refractivity contribution in [1.29, 1.82) is 0 Å². The number of halogens is 1. The van der Waals surface area contributed by atoms with Crippen molar-refractivity contribution in [2.45, 2.75) is 32.2 Å². The molecule has 0 saturated heterocycles. The third-order valence-corrected chi connectivity index (χ3v) is 4.89. The molecule has 1 aromatic carbocycles. The molecule has 0 unspecified atom stereocenters. The van der Waals surface area contributed by atoms with Crippen molar-refractivity contribution in [1.82, 2.24) is 9.55 Å². The van der Waals surface area contributed by atoms with E-state index >= 15 is 0 Å². The number of carbonyl (C=O) groups is 1. The molecule has 1 aliphatic carbocycles. The summed E-state index contributed by atoms with van der Waals surface area (Å²) in [6.07, 6.45) is 2.53. The standard InChI is InChI=1S/C16H17FN2O3S/c17-11-5-6-13-12(7-11)14(20)19(16(23)18-13)8-9-1-3-10(4-2-9)15(21)22/h5-7,9-10H,1-4,8H2,(H,18,23)(H,21,22)/p-1. The molecule has 122 valence electrons. The lowest BCUT2D eigenvalue weighted by molar-refractivity contribution is -0.312. The molecular weight excluding hydrogens is 319 g/mol. The highest BCUT2D eigenvalue weighted by molar-refractivity contribution is 7.71. The number of carbonyl (C=O) groups excluding carboxylic acids is 1. The van der Waals surface area contributed by atoms with Gasteiger partial charge in [0.1, 0.15) is 5.82 Å². The molecule has 5 nitrogen and oxygen atoms in total. The van der Waals surface area contributed by atoms with Crippen LogP contribution in [0.25, 0.3) is 10.9 Å². The van der Waals surface area contributed by atoms with E-state index in [9.17, 15) is 19.1 Å². The van der Waals surface area contributed by atoms with Crippen LogP contribution >= 0.6 is 12.2 Å². The summed E-state index contributed by atoms with van der Waals surface area (Å²) in [5, 5.41) is 11.1. The number of carboxylic acids is 1. The number of hydrogen-bond donors (Lipinski definition) is 1. The molecule has 7 heteroatoms. The Balaban J connectivity index is 1.88. The highest BCUT2D eigenvalue weighted by Crippen LogP contribution is 2.29. The second-order valence-corrected chi connectivity index (χ2v) is 6.46. The largest absolute Gasteiger partial charge is 0.550 e. The first-order chi connectivity index (χ1) is 11.0. The van der Waals surface area contributed by atoms with Crippen molar-refractivity contribution >= 4 is 29.1 Å². The first kappa shape index (κ1) is 15.9. The van der Waals surface area contributed by atoms with Crippen LogP contribution < -0.4 is 10.7 Å². The first-order valence-corrected chi connectivity index (χ1v) is 8.00. The summed E-state index contributed by atoms with van der Waals surface area (Å²) in [5.74, 6) is -1.69. The molecule has 0 aliphatic heterocycles. The molecule has 23 heavy (non-hydrogen) atoms. The summed E-state index contributed by atoms with van der Waals surface area (Å²) in [6, 6.07) is 3.97. The van der Waals surface area contributed by atoms with Gasteiger partial charge < -0.3 is 14.9 Å². The van der Waals surface area contributed by atoms with E-state index in [1.807, 2.05) is 0 Å². The zero-order chi connectivity index (χ0) is 16.6. The fraction of sp³-hybridized carbons (Fsp3) is 0.438. The van der Waals surface area contributed by atoms with E-state index in [0.717, 1.165) is 0 Å². The Hall–Kier alpha value is -2.02. The summed E-state index contributed by atoms with van der Waals surface area (Å²) in [7, 11) is 0. The molecule has 1 aromatic heterocycles. The monoisotopic (exact) mass is 335 g/mol. The number of nitrogens with one attached hydrogen (secondary N) is 1. The van der Waals surface area contributed by atoms with Crippen LogP contribution in [-0.4, -0.2) is 15.5 Å². The number of rotatable bonds is 3. The molecule has 0 atom stereocenters. The lowest BCUT2D eigenvalue weighted by atomic mass is 9.82. The maximum Gasteiger partial charge on any atom is 0.262 e. The lowest BCUT2D eigenvalue weighted by Crippen LogP contribution is -2.35. The van der Waals surface area contributed by atoms with Gasteiger partial charge in [-0.25, -0.2) is 4.39 Å². The van der Waals surface area contributed by atoms with Crippen molar-refractivity contribution in [3.8, 4) is 0 Å². The number of hydrogen-bond acceptors (Lipinski definition) is 4. The Morgan fingerprint density at radius 3 is 2.70 bits per heavy atom. The topological polar surface area (TPSA) is 77.9 Å². The van der Waals surface area contributed by atoms with Gasteiger partial charge in [0.2, 0.25) is 0 Å². The van der Waals surface area contributed by atoms with E-state index < -0.39 is 17.7 Å². The summed E-state index contributed by atoms with van der Waals surface area (Å²) >= 11 is 5.24. The Labute approximate surface area is 136 Å². The van der Waals surface area contributed by atoms with Crippen LogP contribution in [0.5, 0.6) is 0 Å².